The van der Waals surface area contributed by atoms with Gasteiger partial charge in [0.05, 0.1) is 12.7 Å². The topological polar surface area (TPSA) is 29.5 Å². The van der Waals surface area contributed by atoms with Gasteiger partial charge in [0.25, 0.3) is 0 Å². The Labute approximate surface area is 121 Å². The van der Waals surface area contributed by atoms with E-state index in [0.29, 0.717) is 24.5 Å². The summed E-state index contributed by atoms with van der Waals surface area (Å²) in [5.74, 6) is 0.959. The molecule has 0 aromatic rings. The van der Waals surface area contributed by atoms with Gasteiger partial charge in [0.15, 0.2) is 0 Å². The van der Waals surface area contributed by atoms with Gasteiger partial charge in [-0.3, -0.25) is 4.79 Å². The van der Waals surface area contributed by atoms with Crippen molar-refractivity contribution in [3.05, 3.63) is 0 Å². The van der Waals surface area contributed by atoms with Crippen LogP contribution in [-0.4, -0.2) is 42.5 Å². The van der Waals surface area contributed by atoms with Gasteiger partial charge in [0, 0.05) is 24.4 Å². The predicted molar refractivity (Wildman–Crippen MR) is 77.5 cm³/mol. The molecule has 0 aromatic heterocycles. The maximum atomic E-state index is 12.7. The molecule has 2 aliphatic rings. The number of hydrogen-bond donors (Lipinski definition) is 0. The van der Waals surface area contributed by atoms with E-state index in [2.05, 4.69) is 11.8 Å². The number of amides is 1. The van der Waals surface area contributed by atoms with E-state index in [4.69, 9.17) is 16.3 Å². The monoisotopic (exact) mass is 287 g/mol. The predicted octanol–water partition coefficient (Wildman–Crippen LogP) is 3.20. The Hall–Kier alpha value is -0.280. The fourth-order valence-corrected chi connectivity index (χ4v) is 3.63. The van der Waals surface area contributed by atoms with E-state index in [1.54, 1.807) is 0 Å². The molecule has 2 fully saturated rings. The van der Waals surface area contributed by atoms with Crippen molar-refractivity contribution in [3.63, 3.8) is 0 Å². The Morgan fingerprint density at radius 1 is 1.32 bits per heavy atom. The Balaban J connectivity index is 1.85. The minimum absolute atomic E-state index is 0.0379. The molecule has 3 nitrogen and oxygen atoms in total. The van der Waals surface area contributed by atoms with Crippen molar-refractivity contribution in [2.75, 3.05) is 25.6 Å². The van der Waals surface area contributed by atoms with Gasteiger partial charge in [-0.15, -0.1) is 11.6 Å². The normalized spacial score (nSPS) is 23.8. The molecular weight excluding hydrogens is 262 g/mol. The molecule has 110 valence electrons. The second-order valence-electron chi connectivity index (χ2n) is 5.89. The van der Waals surface area contributed by atoms with E-state index in [0.717, 1.165) is 45.2 Å². The van der Waals surface area contributed by atoms with E-state index in [1.807, 2.05) is 0 Å². The third-order valence-corrected chi connectivity index (χ3v) is 5.01. The molecule has 0 N–H and O–H groups in total. The van der Waals surface area contributed by atoms with Crippen LogP contribution in [0.5, 0.6) is 0 Å². The summed E-state index contributed by atoms with van der Waals surface area (Å²) >= 11 is 5.63. The van der Waals surface area contributed by atoms with Crippen molar-refractivity contribution in [2.24, 2.45) is 5.41 Å². The highest BCUT2D eigenvalue weighted by molar-refractivity contribution is 6.17. The number of ether oxygens (including phenoxy) is 1. The smallest absolute Gasteiger partial charge is 0.228 e. The first-order valence-corrected chi connectivity index (χ1v) is 8.22. The zero-order valence-electron chi connectivity index (χ0n) is 12.0. The lowest BCUT2D eigenvalue weighted by molar-refractivity contribution is -0.144. The molecule has 0 spiro atoms. The molecule has 1 amide bonds. The summed E-state index contributed by atoms with van der Waals surface area (Å²) in [6.45, 7) is 4.50. The molecule has 0 atom stereocenters. The number of carbonyl (C=O) groups excluding carboxylic acids is 1. The van der Waals surface area contributed by atoms with Crippen LogP contribution < -0.4 is 0 Å². The lowest BCUT2D eigenvalue weighted by Gasteiger charge is -2.38. The number of piperidine rings is 1. The Morgan fingerprint density at radius 2 is 1.95 bits per heavy atom. The number of halogens is 1. The van der Waals surface area contributed by atoms with Gasteiger partial charge in [-0.2, -0.15) is 0 Å². The van der Waals surface area contributed by atoms with Crippen LogP contribution in [0.4, 0.5) is 0 Å². The van der Waals surface area contributed by atoms with Crippen LogP contribution in [0.1, 0.15) is 51.9 Å². The number of alkyl halides is 1. The van der Waals surface area contributed by atoms with Crippen LogP contribution in [0.25, 0.3) is 0 Å². The van der Waals surface area contributed by atoms with Crippen LogP contribution in [0.15, 0.2) is 0 Å². The summed E-state index contributed by atoms with van der Waals surface area (Å²) in [6, 6.07) is 0. The van der Waals surface area contributed by atoms with Gasteiger partial charge in [-0.25, -0.2) is 0 Å². The molecule has 19 heavy (non-hydrogen) atoms. The molecule has 1 aliphatic heterocycles. The first-order chi connectivity index (χ1) is 9.22. The SMILES string of the molecule is CCC1(C(=O)N2CCC(OCCCl)CC2)CCCC1. The minimum Gasteiger partial charge on any atom is -0.377 e. The van der Waals surface area contributed by atoms with Crippen LogP contribution in [0, 0.1) is 5.41 Å². The largest absolute Gasteiger partial charge is 0.377 e. The van der Waals surface area contributed by atoms with Crippen molar-refractivity contribution in [1.29, 1.82) is 0 Å². The van der Waals surface area contributed by atoms with E-state index in [9.17, 15) is 4.79 Å². The molecule has 1 saturated carbocycles. The van der Waals surface area contributed by atoms with Crippen molar-refractivity contribution < 1.29 is 9.53 Å². The molecule has 1 saturated heterocycles. The van der Waals surface area contributed by atoms with Gasteiger partial charge in [-0.05, 0) is 32.1 Å². The molecule has 0 radical (unpaired) electrons. The lowest BCUT2D eigenvalue weighted by atomic mass is 9.81. The van der Waals surface area contributed by atoms with Gasteiger partial charge in [0.2, 0.25) is 5.91 Å². The Bertz CT molecular complexity index is 295. The fourth-order valence-electron chi connectivity index (χ4n) is 3.54. The molecule has 1 aliphatic carbocycles. The molecule has 0 bridgehead atoms. The van der Waals surface area contributed by atoms with Crippen molar-refractivity contribution in [1.82, 2.24) is 4.90 Å². The summed E-state index contributed by atoms with van der Waals surface area (Å²) in [5.41, 5.74) is -0.0379. The van der Waals surface area contributed by atoms with Crippen molar-refractivity contribution >= 4 is 17.5 Å². The third-order valence-electron chi connectivity index (χ3n) is 4.85. The van der Waals surface area contributed by atoms with Gasteiger partial charge in [-0.1, -0.05) is 19.8 Å². The molecule has 0 aromatic carbocycles. The van der Waals surface area contributed by atoms with E-state index < -0.39 is 0 Å². The van der Waals surface area contributed by atoms with E-state index >= 15 is 0 Å². The highest BCUT2D eigenvalue weighted by Gasteiger charge is 2.42. The highest BCUT2D eigenvalue weighted by atomic mass is 35.5. The minimum atomic E-state index is -0.0379. The number of likely N-dealkylation sites (tertiary alicyclic amines) is 1. The van der Waals surface area contributed by atoms with Crippen LogP contribution in [0.2, 0.25) is 0 Å². The van der Waals surface area contributed by atoms with Crippen molar-refractivity contribution in [2.45, 2.75) is 58.0 Å². The lowest BCUT2D eigenvalue weighted by Crippen LogP contribution is -2.47. The standard InChI is InChI=1S/C15H26ClNO2/c1-2-15(7-3-4-8-15)14(18)17-10-5-13(6-11-17)19-12-9-16/h13H,2-12H2,1H3. The molecule has 1 heterocycles. The summed E-state index contributed by atoms with van der Waals surface area (Å²) in [6.07, 6.45) is 7.82. The van der Waals surface area contributed by atoms with Crippen LogP contribution in [0.3, 0.4) is 0 Å². The van der Waals surface area contributed by atoms with E-state index in [-0.39, 0.29) is 5.41 Å². The summed E-state index contributed by atoms with van der Waals surface area (Å²) in [7, 11) is 0. The molecule has 4 heteroatoms. The number of rotatable bonds is 5. The number of carbonyl (C=O) groups is 1. The number of hydrogen-bond acceptors (Lipinski definition) is 2. The fraction of sp³-hybridized carbons (Fsp3) is 0.933. The zero-order chi connectivity index (χ0) is 13.7. The average Bonchev–Trinajstić information content (AvgIpc) is 2.95. The second kappa shape index (κ2) is 6.94. The molecule has 0 unspecified atom stereocenters. The first kappa shape index (κ1) is 15.1. The van der Waals surface area contributed by atoms with Crippen LogP contribution >= 0.6 is 11.6 Å². The van der Waals surface area contributed by atoms with E-state index in [1.165, 1.54) is 12.8 Å². The third kappa shape index (κ3) is 3.43. The first-order valence-electron chi connectivity index (χ1n) is 7.69. The highest BCUT2D eigenvalue weighted by Crippen LogP contribution is 2.42. The maximum Gasteiger partial charge on any atom is 0.228 e. The second-order valence-corrected chi connectivity index (χ2v) is 6.27. The summed E-state index contributed by atoms with van der Waals surface area (Å²) in [4.78, 5) is 14.8. The summed E-state index contributed by atoms with van der Waals surface area (Å²) < 4.78 is 5.67. The quantitative estimate of drug-likeness (QED) is 0.727. The van der Waals surface area contributed by atoms with Crippen LogP contribution in [-0.2, 0) is 9.53 Å². The summed E-state index contributed by atoms with van der Waals surface area (Å²) in [5, 5.41) is 0. The maximum absolute atomic E-state index is 12.7. The average molecular weight is 288 g/mol. The van der Waals surface area contributed by atoms with Crippen molar-refractivity contribution in [3.8, 4) is 0 Å². The molecule has 2 rings (SSSR count). The van der Waals surface area contributed by atoms with Gasteiger partial charge in [0.1, 0.15) is 0 Å². The van der Waals surface area contributed by atoms with Gasteiger partial charge >= 0.3 is 0 Å². The zero-order valence-corrected chi connectivity index (χ0v) is 12.8. The number of nitrogens with zero attached hydrogens (tertiary/aromatic N) is 1. The Kier molecular flexibility index (Phi) is 5.52. The molecular formula is C15H26ClNO2. The Morgan fingerprint density at radius 3 is 2.47 bits per heavy atom. The van der Waals surface area contributed by atoms with Gasteiger partial charge < -0.3 is 9.64 Å².